The molecule has 2 aliphatic rings. The Hall–Kier alpha value is -0.120. The van der Waals surface area contributed by atoms with E-state index in [1.54, 1.807) is 0 Å². The van der Waals surface area contributed by atoms with Crippen molar-refractivity contribution >= 4 is 0 Å². The zero-order valence-electron chi connectivity index (χ0n) is 11.5. The molecule has 0 aliphatic carbocycles. The average molecular weight is 240 g/mol. The molecule has 2 rings (SSSR count). The predicted octanol–water partition coefficient (Wildman–Crippen LogP) is 1.73. The third-order valence-electron chi connectivity index (χ3n) is 4.09. The van der Waals surface area contributed by atoms with Crippen LogP contribution < -0.4 is 5.32 Å². The number of hydrogen-bond donors (Lipinski definition) is 1. The number of hydrogen-bond acceptors (Lipinski definition) is 3. The SMILES string of the molecule is CCCNC1COCC1CN1CCCC(C)C1. The number of piperidine rings is 1. The van der Waals surface area contributed by atoms with Gasteiger partial charge in [-0.1, -0.05) is 13.8 Å². The van der Waals surface area contributed by atoms with Crippen LogP contribution in [0.2, 0.25) is 0 Å². The molecule has 3 heteroatoms. The quantitative estimate of drug-likeness (QED) is 0.792. The normalized spacial score (nSPS) is 35.3. The summed E-state index contributed by atoms with van der Waals surface area (Å²) in [6.07, 6.45) is 4.00. The molecule has 3 nitrogen and oxygen atoms in total. The Bertz CT molecular complexity index is 222. The summed E-state index contributed by atoms with van der Waals surface area (Å²) in [5.41, 5.74) is 0. The van der Waals surface area contributed by atoms with Crippen molar-refractivity contribution in [3.8, 4) is 0 Å². The Balaban J connectivity index is 1.76. The maximum atomic E-state index is 5.65. The first-order valence-electron chi connectivity index (χ1n) is 7.33. The molecule has 1 N–H and O–H groups in total. The van der Waals surface area contributed by atoms with E-state index in [1.165, 1.54) is 38.9 Å². The molecule has 2 aliphatic heterocycles. The van der Waals surface area contributed by atoms with Gasteiger partial charge in [0.1, 0.15) is 0 Å². The Morgan fingerprint density at radius 2 is 2.24 bits per heavy atom. The van der Waals surface area contributed by atoms with Crippen LogP contribution in [0.3, 0.4) is 0 Å². The van der Waals surface area contributed by atoms with Gasteiger partial charge in [0, 0.05) is 25.0 Å². The first kappa shape index (κ1) is 13.3. The highest BCUT2D eigenvalue weighted by Gasteiger charge is 2.30. The molecule has 0 aromatic heterocycles. The van der Waals surface area contributed by atoms with Crippen LogP contribution in [0.15, 0.2) is 0 Å². The predicted molar refractivity (Wildman–Crippen MR) is 71.2 cm³/mol. The van der Waals surface area contributed by atoms with Gasteiger partial charge in [0.15, 0.2) is 0 Å². The molecule has 0 aromatic carbocycles. The molecule has 17 heavy (non-hydrogen) atoms. The lowest BCUT2D eigenvalue weighted by atomic mass is 9.97. The van der Waals surface area contributed by atoms with Gasteiger partial charge < -0.3 is 15.0 Å². The van der Waals surface area contributed by atoms with Gasteiger partial charge >= 0.3 is 0 Å². The van der Waals surface area contributed by atoms with Crippen LogP contribution in [-0.2, 0) is 4.74 Å². The Morgan fingerprint density at radius 1 is 1.35 bits per heavy atom. The summed E-state index contributed by atoms with van der Waals surface area (Å²) >= 11 is 0. The van der Waals surface area contributed by atoms with E-state index < -0.39 is 0 Å². The van der Waals surface area contributed by atoms with E-state index in [4.69, 9.17) is 4.74 Å². The highest BCUT2D eigenvalue weighted by atomic mass is 16.5. The standard InChI is InChI=1S/C14H28N2O/c1-3-6-15-14-11-17-10-13(14)9-16-7-4-5-12(2)8-16/h12-15H,3-11H2,1-2H3. The van der Waals surface area contributed by atoms with Crippen LogP contribution in [-0.4, -0.2) is 50.3 Å². The lowest BCUT2D eigenvalue weighted by Crippen LogP contribution is -2.44. The Kier molecular flexibility index (Phi) is 5.26. The first-order chi connectivity index (χ1) is 8.29. The second-order valence-corrected chi connectivity index (χ2v) is 5.87. The van der Waals surface area contributed by atoms with Crippen LogP contribution >= 0.6 is 0 Å². The van der Waals surface area contributed by atoms with Gasteiger partial charge in [0.2, 0.25) is 0 Å². The van der Waals surface area contributed by atoms with Crippen molar-refractivity contribution in [3.05, 3.63) is 0 Å². The summed E-state index contributed by atoms with van der Waals surface area (Å²) in [5, 5.41) is 3.63. The van der Waals surface area contributed by atoms with Gasteiger partial charge in [-0.15, -0.1) is 0 Å². The minimum atomic E-state index is 0.590. The second-order valence-electron chi connectivity index (χ2n) is 5.87. The van der Waals surface area contributed by atoms with Gasteiger partial charge in [0.25, 0.3) is 0 Å². The molecule has 0 aromatic rings. The summed E-state index contributed by atoms with van der Waals surface area (Å²) in [6, 6.07) is 0.590. The van der Waals surface area contributed by atoms with E-state index >= 15 is 0 Å². The molecule has 0 radical (unpaired) electrons. The fourth-order valence-corrected chi connectivity index (χ4v) is 3.12. The Morgan fingerprint density at radius 3 is 3.00 bits per heavy atom. The lowest BCUT2D eigenvalue weighted by Gasteiger charge is -2.33. The fourth-order valence-electron chi connectivity index (χ4n) is 3.12. The van der Waals surface area contributed by atoms with Gasteiger partial charge in [-0.2, -0.15) is 0 Å². The van der Waals surface area contributed by atoms with Crippen LogP contribution in [0.5, 0.6) is 0 Å². The van der Waals surface area contributed by atoms with Crippen LogP contribution in [0.1, 0.15) is 33.1 Å². The third-order valence-corrected chi connectivity index (χ3v) is 4.09. The van der Waals surface area contributed by atoms with Crippen LogP contribution in [0.25, 0.3) is 0 Å². The van der Waals surface area contributed by atoms with Gasteiger partial charge in [-0.05, 0) is 38.3 Å². The van der Waals surface area contributed by atoms with Crippen LogP contribution in [0.4, 0.5) is 0 Å². The summed E-state index contributed by atoms with van der Waals surface area (Å²) in [7, 11) is 0. The smallest absolute Gasteiger partial charge is 0.0623 e. The third kappa shape index (κ3) is 3.94. The van der Waals surface area contributed by atoms with Gasteiger partial charge in [-0.3, -0.25) is 0 Å². The number of rotatable bonds is 5. The zero-order chi connectivity index (χ0) is 12.1. The molecule has 0 bridgehead atoms. The molecule has 0 saturated carbocycles. The van der Waals surface area contributed by atoms with Crippen molar-refractivity contribution in [1.29, 1.82) is 0 Å². The molecule has 2 heterocycles. The van der Waals surface area contributed by atoms with Gasteiger partial charge in [-0.25, -0.2) is 0 Å². The van der Waals surface area contributed by atoms with Crippen molar-refractivity contribution < 1.29 is 4.74 Å². The molecule has 100 valence electrons. The van der Waals surface area contributed by atoms with E-state index in [-0.39, 0.29) is 0 Å². The molecule has 2 saturated heterocycles. The van der Waals surface area contributed by atoms with E-state index in [1.807, 2.05) is 0 Å². The maximum Gasteiger partial charge on any atom is 0.0623 e. The molecular weight excluding hydrogens is 212 g/mol. The summed E-state index contributed by atoms with van der Waals surface area (Å²) in [4.78, 5) is 2.65. The topological polar surface area (TPSA) is 24.5 Å². The van der Waals surface area contributed by atoms with Crippen molar-refractivity contribution in [2.75, 3.05) is 39.4 Å². The average Bonchev–Trinajstić information content (AvgIpc) is 2.74. The molecule has 3 unspecified atom stereocenters. The number of nitrogens with one attached hydrogen (secondary N) is 1. The highest BCUT2D eigenvalue weighted by molar-refractivity contribution is 4.84. The summed E-state index contributed by atoms with van der Waals surface area (Å²) < 4.78 is 5.65. The highest BCUT2D eigenvalue weighted by Crippen LogP contribution is 2.20. The van der Waals surface area contributed by atoms with E-state index in [9.17, 15) is 0 Å². The van der Waals surface area contributed by atoms with Gasteiger partial charge in [0.05, 0.1) is 13.2 Å². The molecule has 0 spiro atoms. The molecular formula is C14H28N2O. The van der Waals surface area contributed by atoms with E-state index in [0.29, 0.717) is 12.0 Å². The number of likely N-dealkylation sites (tertiary alicyclic amines) is 1. The summed E-state index contributed by atoms with van der Waals surface area (Å²) in [5.74, 6) is 1.58. The van der Waals surface area contributed by atoms with Crippen molar-refractivity contribution in [1.82, 2.24) is 10.2 Å². The van der Waals surface area contributed by atoms with E-state index in [2.05, 4.69) is 24.1 Å². The minimum Gasteiger partial charge on any atom is -0.379 e. The first-order valence-corrected chi connectivity index (χ1v) is 7.33. The Labute approximate surface area is 106 Å². The van der Waals surface area contributed by atoms with Crippen molar-refractivity contribution in [2.24, 2.45) is 11.8 Å². The number of ether oxygens (including phenoxy) is 1. The maximum absolute atomic E-state index is 5.65. The molecule has 0 amide bonds. The largest absolute Gasteiger partial charge is 0.379 e. The van der Waals surface area contributed by atoms with Crippen molar-refractivity contribution in [3.63, 3.8) is 0 Å². The minimum absolute atomic E-state index is 0.590. The lowest BCUT2D eigenvalue weighted by molar-refractivity contribution is 0.138. The van der Waals surface area contributed by atoms with Crippen LogP contribution in [0, 0.1) is 11.8 Å². The summed E-state index contributed by atoms with van der Waals surface area (Å²) in [6.45, 7) is 11.4. The van der Waals surface area contributed by atoms with E-state index in [0.717, 1.165) is 25.7 Å². The van der Waals surface area contributed by atoms with Crippen molar-refractivity contribution in [2.45, 2.75) is 39.2 Å². The molecule has 2 fully saturated rings. The number of nitrogens with zero attached hydrogens (tertiary/aromatic N) is 1. The molecule has 3 atom stereocenters. The monoisotopic (exact) mass is 240 g/mol. The zero-order valence-corrected chi connectivity index (χ0v) is 11.5. The fraction of sp³-hybridized carbons (Fsp3) is 1.00. The second kappa shape index (κ2) is 6.72.